The number of rotatable bonds is 15. The highest BCUT2D eigenvalue weighted by molar-refractivity contribution is 5.89. The van der Waals surface area contributed by atoms with Gasteiger partial charge in [-0.3, -0.25) is 0 Å². The van der Waals surface area contributed by atoms with Crippen LogP contribution in [-0.4, -0.2) is 15.0 Å². The lowest BCUT2D eigenvalue weighted by atomic mass is 9.71. The van der Waals surface area contributed by atoms with Gasteiger partial charge in [0.05, 0.1) is 0 Å². The predicted molar refractivity (Wildman–Crippen MR) is 279 cm³/mol. The highest BCUT2D eigenvalue weighted by Gasteiger charge is 2.45. The molecular weight excluding hydrogens is 811 g/mol. The molecule has 3 heteroatoms. The lowest BCUT2D eigenvalue weighted by Crippen LogP contribution is -2.25. The van der Waals surface area contributed by atoms with E-state index in [1.165, 1.54) is 5.57 Å². The molecule has 0 N–H and O–H groups in total. The molecule has 0 fully saturated rings. The summed E-state index contributed by atoms with van der Waals surface area (Å²) in [5, 5.41) is 0. The van der Waals surface area contributed by atoms with Crippen LogP contribution in [0.15, 0.2) is 140 Å². The van der Waals surface area contributed by atoms with Gasteiger partial charge in [-0.05, 0) is 98.4 Å². The summed E-state index contributed by atoms with van der Waals surface area (Å²) < 4.78 is 0. The zero-order valence-electron chi connectivity index (χ0n) is 38.3. The number of hydrogen-bond donors (Lipinski definition) is 0. The Bertz CT molecular complexity index is 3230. The quantitative estimate of drug-likeness (QED) is 0.0777. The summed E-state index contributed by atoms with van der Waals surface area (Å²) in [5.74, 6) is 19.1. The van der Waals surface area contributed by atoms with Crippen molar-refractivity contribution in [3.8, 4) is 96.6 Å². The molecule has 3 nitrogen and oxygen atoms in total. The molecule has 1 aromatic heterocycles. The Kier molecular flexibility index (Phi) is 12.6. The van der Waals surface area contributed by atoms with Crippen molar-refractivity contribution in [3.05, 3.63) is 185 Å². The molecule has 0 saturated carbocycles. The SMILES string of the molecule is C#CCC1(CC#C)C(/C=C(\C=C)c2nc(/C(C=C)=C/C3=C(CCC)c4ccccc4C3(CC#C)CC#C)nc(-c3ccc4c(c3)C(CC#C)(CC#C)c3ccccc3-4)n2)=C(C)c2ccccc21. The number of benzene rings is 4. The fraction of sp³-hybridized carbons (Fsp3) is 0.203. The second-order valence-electron chi connectivity index (χ2n) is 17.5. The Morgan fingerprint density at radius 1 is 0.522 bits per heavy atom. The Morgan fingerprint density at radius 3 is 1.48 bits per heavy atom. The van der Waals surface area contributed by atoms with Crippen molar-refractivity contribution in [2.45, 2.75) is 81.5 Å². The third kappa shape index (κ3) is 7.29. The molecular formula is C64H51N3. The number of aromatic nitrogens is 3. The fourth-order valence-corrected chi connectivity index (χ4v) is 11.1. The second-order valence-corrected chi connectivity index (χ2v) is 17.5. The largest absolute Gasteiger partial charge is 0.208 e. The summed E-state index contributed by atoms with van der Waals surface area (Å²) >= 11 is 0. The highest BCUT2D eigenvalue weighted by atomic mass is 15.0. The number of hydrogen-bond acceptors (Lipinski definition) is 3. The molecule has 322 valence electrons. The van der Waals surface area contributed by atoms with Crippen molar-refractivity contribution in [3.63, 3.8) is 0 Å². The van der Waals surface area contributed by atoms with Crippen LogP contribution in [-0.2, 0) is 16.2 Å². The lowest BCUT2D eigenvalue weighted by Gasteiger charge is -2.30. The van der Waals surface area contributed by atoms with E-state index in [1.807, 2.05) is 24.3 Å². The van der Waals surface area contributed by atoms with Crippen LogP contribution < -0.4 is 0 Å². The van der Waals surface area contributed by atoms with Crippen LogP contribution in [0, 0.1) is 74.1 Å². The van der Waals surface area contributed by atoms with Gasteiger partial charge in [0, 0.05) is 71.5 Å². The van der Waals surface area contributed by atoms with Gasteiger partial charge in [-0.1, -0.05) is 124 Å². The Morgan fingerprint density at radius 2 is 0.955 bits per heavy atom. The summed E-state index contributed by atoms with van der Waals surface area (Å²) in [4.78, 5) is 15.9. The van der Waals surface area contributed by atoms with Crippen LogP contribution in [0.1, 0.15) is 110 Å². The van der Waals surface area contributed by atoms with Gasteiger partial charge in [0.15, 0.2) is 17.5 Å². The molecule has 0 spiro atoms. The second kappa shape index (κ2) is 18.7. The third-order valence-electron chi connectivity index (χ3n) is 14.0. The first kappa shape index (κ1) is 45.3. The zero-order chi connectivity index (χ0) is 47.3. The molecule has 4 aromatic carbocycles. The molecule has 67 heavy (non-hydrogen) atoms. The summed E-state index contributed by atoms with van der Waals surface area (Å²) in [6.45, 7) is 13.0. The van der Waals surface area contributed by atoms with E-state index in [2.05, 4.69) is 141 Å². The minimum atomic E-state index is -0.632. The Hall–Kier alpha value is -8.31. The van der Waals surface area contributed by atoms with Crippen LogP contribution in [0.4, 0.5) is 0 Å². The van der Waals surface area contributed by atoms with Crippen molar-refractivity contribution in [1.29, 1.82) is 0 Å². The van der Waals surface area contributed by atoms with Crippen molar-refractivity contribution in [1.82, 2.24) is 15.0 Å². The van der Waals surface area contributed by atoms with E-state index in [9.17, 15) is 0 Å². The van der Waals surface area contributed by atoms with E-state index in [0.29, 0.717) is 67.1 Å². The fourth-order valence-electron chi connectivity index (χ4n) is 11.1. The first-order valence-corrected chi connectivity index (χ1v) is 22.6. The van der Waals surface area contributed by atoms with Gasteiger partial charge in [-0.25, -0.2) is 15.0 Å². The maximum atomic E-state index is 6.20. The molecule has 1 heterocycles. The topological polar surface area (TPSA) is 38.7 Å². The molecule has 0 bridgehead atoms. The van der Waals surface area contributed by atoms with E-state index < -0.39 is 16.2 Å². The summed E-state index contributed by atoms with van der Waals surface area (Å²) in [6, 6.07) is 31.4. The predicted octanol–water partition coefficient (Wildman–Crippen LogP) is 13.3. The summed E-state index contributed by atoms with van der Waals surface area (Å²) in [5.41, 5.74) is 13.4. The molecule has 5 aromatic rings. The van der Waals surface area contributed by atoms with Gasteiger partial charge in [-0.2, -0.15) is 0 Å². The van der Waals surface area contributed by atoms with Gasteiger partial charge >= 0.3 is 0 Å². The molecule has 3 aliphatic carbocycles. The van der Waals surface area contributed by atoms with Gasteiger partial charge in [0.2, 0.25) is 0 Å². The first-order valence-electron chi connectivity index (χ1n) is 22.6. The molecule has 0 saturated heterocycles. The van der Waals surface area contributed by atoms with E-state index in [-0.39, 0.29) is 0 Å². The van der Waals surface area contributed by atoms with Crippen LogP contribution in [0.2, 0.25) is 0 Å². The van der Waals surface area contributed by atoms with Crippen LogP contribution >= 0.6 is 0 Å². The molecule has 0 aliphatic heterocycles. The van der Waals surface area contributed by atoms with Crippen LogP contribution in [0.5, 0.6) is 0 Å². The number of terminal acetylenes is 6. The van der Waals surface area contributed by atoms with E-state index in [0.717, 1.165) is 79.6 Å². The number of fused-ring (bicyclic) bond motifs is 5. The van der Waals surface area contributed by atoms with Gasteiger partial charge in [0.25, 0.3) is 0 Å². The Labute approximate surface area is 398 Å². The van der Waals surface area contributed by atoms with E-state index >= 15 is 0 Å². The molecule has 0 unspecified atom stereocenters. The monoisotopic (exact) mass is 861 g/mol. The van der Waals surface area contributed by atoms with Gasteiger partial charge in [-0.15, -0.1) is 74.1 Å². The minimum Gasteiger partial charge on any atom is -0.208 e. The molecule has 3 aliphatic rings. The highest BCUT2D eigenvalue weighted by Crippen LogP contribution is 2.55. The minimum absolute atomic E-state index is 0.405. The normalized spacial score (nSPS) is 15.6. The third-order valence-corrected chi connectivity index (χ3v) is 14.0. The maximum absolute atomic E-state index is 6.20. The molecule has 8 rings (SSSR count). The van der Waals surface area contributed by atoms with Crippen LogP contribution in [0.25, 0.3) is 44.8 Å². The van der Waals surface area contributed by atoms with Crippen molar-refractivity contribution < 1.29 is 0 Å². The van der Waals surface area contributed by atoms with Crippen molar-refractivity contribution in [2.24, 2.45) is 0 Å². The molecule has 0 amide bonds. The van der Waals surface area contributed by atoms with Crippen LogP contribution in [0.3, 0.4) is 0 Å². The summed E-state index contributed by atoms with van der Waals surface area (Å²) in [6.07, 6.45) is 49.0. The first-order chi connectivity index (χ1) is 32.7. The van der Waals surface area contributed by atoms with Gasteiger partial charge in [0.1, 0.15) is 0 Å². The Balaban J connectivity index is 1.41. The average Bonchev–Trinajstić information content (AvgIpc) is 3.85. The van der Waals surface area contributed by atoms with Gasteiger partial charge < -0.3 is 0 Å². The summed E-state index contributed by atoms with van der Waals surface area (Å²) in [7, 11) is 0. The molecule has 0 atom stereocenters. The smallest absolute Gasteiger partial charge is 0.164 e. The number of nitrogens with zero attached hydrogens (tertiary/aromatic N) is 3. The van der Waals surface area contributed by atoms with Crippen molar-refractivity contribution >= 4 is 22.3 Å². The van der Waals surface area contributed by atoms with E-state index in [4.69, 9.17) is 53.5 Å². The number of allylic oxidation sites excluding steroid dienone is 10. The maximum Gasteiger partial charge on any atom is 0.164 e. The zero-order valence-corrected chi connectivity index (χ0v) is 38.3. The standard InChI is InChI=1S/C64H51N3/c1-11-26-49-50-28-21-24-31-54(50)63(37-14-4,38-15-5)57(49)42-46(19-9)60-65-59(45(18-8)41-56-44(10)48-27-20-23-30-53(48)62(56,35-12-2)36-13-3)66-61(67-60)47-33-34-52-51-29-22-25-32-55(51)64(39-16-6,40-17-7)58(52)43-47/h2-7,18-25,27-34,41-43H,8-9,11,26,35-40H2,1,10H3/b45-41+,46-42+. The average molecular weight is 862 g/mol. The lowest BCUT2D eigenvalue weighted by molar-refractivity contribution is 0.555. The van der Waals surface area contributed by atoms with Crippen molar-refractivity contribution in [2.75, 3.05) is 0 Å². The molecule has 0 radical (unpaired) electrons. The van der Waals surface area contributed by atoms with E-state index in [1.54, 1.807) is 12.2 Å².